The van der Waals surface area contributed by atoms with E-state index in [4.69, 9.17) is 30.0 Å². The van der Waals surface area contributed by atoms with Gasteiger partial charge in [-0.2, -0.15) is 4.98 Å². The van der Waals surface area contributed by atoms with Gasteiger partial charge in [-0.25, -0.2) is 29.6 Å². The van der Waals surface area contributed by atoms with E-state index in [1.54, 1.807) is 4.57 Å². The van der Waals surface area contributed by atoms with Crippen LogP contribution in [-0.2, 0) is 23.1 Å². The molecule has 2 saturated heterocycles. The van der Waals surface area contributed by atoms with Crippen LogP contribution in [0.5, 0.6) is 0 Å². The molecule has 0 bridgehead atoms. The Labute approximate surface area is 249 Å². The zero-order chi connectivity index (χ0) is 31.0. The van der Waals surface area contributed by atoms with Gasteiger partial charge in [0.2, 0.25) is 5.95 Å². The van der Waals surface area contributed by atoms with Crippen molar-refractivity contribution in [3.05, 3.63) is 29.3 Å². The van der Waals surface area contributed by atoms with E-state index in [0.29, 0.717) is 24.1 Å². The van der Waals surface area contributed by atoms with Gasteiger partial charge in [-0.15, -0.1) is 0 Å². The molecule has 4 aromatic rings. The van der Waals surface area contributed by atoms with Gasteiger partial charge in [-0.3, -0.25) is 28.0 Å². The lowest BCUT2D eigenvalue weighted by atomic mass is 10.2. The quantitative estimate of drug-likeness (QED) is 0.0880. The van der Waals surface area contributed by atoms with Crippen molar-refractivity contribution in [2.75, 3.05) is 31.2 Å². The first kappa shape index (κ1) is 30.5. The Hall–Kier alpha value is -3.55. The molecular weight excluding hydrogens is 601 g/mol. The highest BCUT2D eigenvalue weighted by Gasteiger charge is 2.44. The van der Waals surface area contributed by atoms with E-state index in [0.717, 1.165) is 6.42 Å². The molecule has 3 unspecified atom stereocenters. The molecule has 0 spiro atoms. The topological polar surface area (TPSA) is 266 Å². The summed E-state index contributed by atoms with van der Waals surface area (Å²) in [6, 6.07) is 0. The molecule has 2 fully saturated rings. The summed E-state index contributed by atoms with van der Waals surface area (Å²) in [6.45, 7) is 1.61. The lowest BCUT2D eigenvalue weighted by Gasteiger charge is -2.26. The summed E-state index contributed by atoms with van der Waals surface area (Å²) in [5.74, 6) is 0.127. The van der Waals surface area contributed by atoms with Crippen LogP contribution < -0.4 is 22.1 Å². The van der Waals surface area contributed by atoms with E-state index in [1.807, 2.05) is 6.92 Å². The Balaban J connectivity index is 1.16. The number of aromatic amines is 1. The number of anilines is 2. The van der Waals surface area contributed by atoms with Crippen molar-refractivity contribution in [2.24, 2.45) is 0 Å². The van der Waals surface area contributed by atoms with Gasteiger partial charge in [-0.1, -0.05) is 13.3 Å². The molecule has 0 amide bonds. The first-order valence-corrected chi connectivity index (χ1v) is 15.7. The highest BCUT2D eigenvalue weighted by atomic mass is 31.2. The number of aliphatic hydroxyl groups excluding tert-OH is 2. The second-order valence-corrected chi connectivity index (χ2v) is 12.3. The number of aliphatic hydroxyl groups is 2. The lowest BCUT2D eigenvalue weighted by Crippen LogP contribution is -2.32. The van der Waals surface area contributed by atoms with Crippen molar-refractivity contribution >= 4 is 41.8 Å². The Morgan fingerprint density at radius 1 is 1.09 bits per heavy atom. The molecular formula is C24H34N11O8P. The molecule has 0 aromatic carbocycles. The number of nitrogens with zero attached hydrogens (tertiary/aromatic N) is 7. The summed E-state index contributed by atoms with van der Waals surface area (Å²) in [6.07, 6.45) is 1.06. The van der Waals surface area contributed by atoms with Crippen molar-refractivity contribution < 1.29 is 33.3 Å². The molecule has 20 heteroatoms. The van der Waals surface area contributed by atoms with Crippen LogP contribution in [0.4, 0.5) is 11.8 Å². The third-order valence-electron chi connectivity index (χ3n) is 7.54. The number of aromatic nitrogens is 8. The summed E-state index contributed by atoms with van der Waals surface area (Å²) in [5.41, 5.74) is 12.2. The van der Waals surface area contributed by atoms with Gasteiger partial charge < -0.3 is 31.2 Å². The summed E-state index contributed by atoms with van der Waals surface area (Å²) in [5, 5.41) is 23.7. The standard InChI is InChI=1S/C24H34N11O8P/c1-2-3-4-31-44(39,43-13-6-17(41-14(13)7-36)34-10-29-18-20(25)27-9-28-21(18)34)40-8-15-12(37)5-16(42-15)35-11-30-19-22(35)32-24(26)33-23(19)38/h9-17,36-37H,2-8H2,1H3,(H,31,39)(H2,25,27,28)(H3,26,32,33,38)/t12?,13?,14-,15-,16-,17-,44?/m1/s1. The minimum Gasteiger partial charge on any atom is -0.394 e. The number of nitrogen functional groups attached to an aromatic ring is 2. The highest BCUT2D eigenvalue weighted by Crippen LogP contribution is 2.49. The Morgan fingerprint density at radius 3 is 2.59 bits per heavy atom. The number of fused-ring (bicyclic) bond motifs is 2. The van der Waals surface area contributed by atoms with Gasteiger partial charge in [0.05, 0.1) is 32.0 Å². The zero-order valence-electron chi connectivity index (χ0n) is 23.7. The van der Waals surface area contributed by atoms with Crippen LogP contribution in [0.25, 0.3) is 22.3 Å². The molecule has 6 rings (SSSR count). The number of nitrogens with two attached hydrogens (primary N) is 2. The maximum Gasteiger partial charge on any atom is 0.405 e. The number of rotatable bonds is 12. The number of unbranched alkanes of at least 4 members (excludes halogenated alkanes) is 1. The predicted octanol–water partition coefficient (Wildman–Crippen LogP) is -0.0483. The van der Waals surface area contributed by atoms with Crippen LogP contribution in [0, 0.1) is 0 Å². The average molecular weight is 636 g/mol. The Kier molecular flexibility index (Phi) is 8.62. The minimum absolute atomic E-state index is 0.0742. The number of ether oxygens (including phenoxy) is 2. The SMILES string of the molecule is CCCCNP(=O)(OC[C@H]1O[C@@H](n2cnc3c(=O)[nH]c(N)nc32)CC1O)OC1C[C@H](n2cnc3c(N)ncnc32)O[C@@H]1CO. The number of H-pyrrole nitrogens is 1. The fourth-order valence-corrected chi connectivity index (χ4v) is 6.85. The van der Waals surface area contributed by atoms with Gasteiger partial charge >= 0.3 is 7.75 Å². The maximum atomic E-state index is 14.0. The third-order valence-corrected chi connectivity index (χ3v) is 9.19. The van der Waals surface area contributed by atoms with Crippen molar-refractivity contribution in [1.82, 2.24) is 44.1 Å². The van der Waals surface area contributed by atoms with Crippen LogP contribution >= 0.6 is 7.75 Å². The van der Waals surface area contributed by atoms with Crippen molar-refractivity contribution in [2.45, 2.75) is 69.5 Å². The number of hydrogen-bond donors (Lipinski definition) is 6. The van der Waals surface area contributed by atoms with Crippen LogP contribution in [-0.4, -0.2) is 93.4 Å². The van der Waals surface area contributed by atoms with E-state index < -0.39 is 56.8 Å². The van der Waals surface area contributed by atoms with Crippen LogP contribution in [0.2, 0.25) is 0 Å². The lowest BCUT2D eigenvalue weighted by molar-refractivity contribution is -0.0509. The fourth-order valence-electron chi connectivity index (χ4n) is 5.27. The highest BCUT2D eigenvalue weighted by molar-refractivity contribution is 7.51. The summed E-state index contributed by atoms with van der Waals surface area (Å²) >= 11 is 0. The first-order valence-electron chi connectivity index (χ1n) is 14.1. The zero-order valence-corrected chi connectivity index (χ0v) is 24.6. The Morgan fingerprint density at radius 2 is 1.82 bits per heavy atom. The first-order chi connectivity index (χ1) is 21.2. The summed E-state index contributed by atoms with van der Waals surface area (Å²) < 4.78 is 41.0. The molecule has 0 aliphatic carbocycles. The summed E-state index contributed by atoms with van der Waals surface area (Å²) in [7, 11) is -4.02. The molecule has 7 atom stereocenters. The normalized spacial score (nSPS) is 27.0. The molecule has 44 heavy (non-hydrogen) atoms. The van der Waals surface area contributed by atoms with Gasteiger partial charge in [0.25, 0.3) is 5.56 Å². The smallest absolute Gasteiger partial charge is 0.394 e. The molecule has 0 radical (unpaired) electrons. The van der Waals surface area contributed by atoms with Crippen LogP contribution in [0.15, 0.2) is 23.8 Å². The van der Waals surface area contributed by atoms with Gasteiger partial charge in [-0.05, 0) is 6.42 Å². The van der Waals surface area contributed by atoms with Gasteiger partial charge in [0.15, 0.2) is 22.6 Å². The molecule has 4 aromatic heterocycles. The average Bonchev–Trinajstić information content (AvgIpc) is 3.77. The molecule has 19 nitrogen and oxygen atoms in total. The van der Waals surface area contributed by atoms with E-state index in [1.165, 1.54) is 23.5 Å². The molecule has 6 heterocycles. The molecule has 0 saturated carbocycles. The minimum atomic E-state index is -4.02. The number of hydrogen-bond acceptors (Lipinski definition) is 15. The molecule has 2 aliphatic rings. The fraction of sp³-hybridized carbons (Fsp3) is 0.583. The van der Waals surface area contributed by atoms with E-state index >= 15 is 0 Å². The number of imidazole rings is 2. The van der Waals surface area contributed by atoms with E-state index in [-0.39, 0.29) is 42.4 Å². The van der Waals surface area contributed by atoms with E-state index in [2.05, 4.69) is 35.0 Å². The van der Waals surface area contributed by atoms with Gasteiger partial charge in [0.1, 0.15) is 42.6 Å². The van der Waals surface area contributed by atoms with Crippen molar-refractivity contribution in [3.8, 4) is 0 Å². The second-order valence-electron chi connectivity index (χ2n) is 10.5. The van der Waals surface area contributed by atoms with Crippen molar-refractivity contribution in [1.29, 1.82) is 0 Å². The predicted molar refractivity (Wildman–Crippen MR) is 154 cm³/mol. The van der Waals surface area contributed by atoms with Crippen LogP contribution in [0.3, 0.4) is 0 Å². The largest absolute Gasteiger partial charge is 0.405 e. The molecule has 2 aliphatic heterocycles. The molecule has 8 N–H and O–H groups in total. The van der Waals surface area contributed by atoms with Crippen LogP contribution in [0.1, 0.15) is 45.1 Å². The number of nitrogens with one attached hydrogen (secondary N) is 2. The second kappa shape index (κ2) is 12.4. The van der Waals surface area contributed by atoms with Crippen molar-refractivity contribution in [3.63, 3.8) is 0 Å². The third kappa shape index (κ3) is 5.92. The summed E-state index contributed by atoms with van der Waals surface area (Å²) in [4.78, 5) is 35.2. The monoisotopic (exact) mass is 635 g/mol. The maximum absolute atomic E-state index is 14.0. The van der Waals surface area contributed by atoms with Gasteiger partial charge in [0, 0.05) is 19.4 Å². The van der Waals surface area contributed by atoms with E-state index in [9.17, 15) is 19.6 Å². The Bertz CT molecular complexity index is 1730. The molecule has 238 valence electrons.